The van der Waals surface area contributed by atoms with Crippen LogP contribution in [-0.2, 0) is 0 Å². The number of anilines is 1. The van der Waals surface area contributed by atoms with E-state index in [-0.39, 0.29) is 28.7 Å². The van der Waals surface area contributed by atoms with Crippen LogP contribution in [-0.4, -0.2) is 29.4 Å². The van der Waals surface area contributed by atoms with Crippen LogP contribution in [0, 0.1) is 0 Å². The molecule has 0 fully saturated rings. The van der Waals surface area contributed by atoms with E-state index in [4.69, 9.17) is 4.74 Å². The fourth-order valence-corrected chi connectivity index (χ4v) is 1.96. The summed E-state index contributed by atoms with van der Waals surface area (Å²) in [5, 5.41) is 5.55. The van der Waals surface area contributed by atoms with Gasteiger partial charge < -0.3 is 15.4 Å². The maximum Gasteiger partial charge on any atom is 0.274 e. The molecule has 0 saturated carbocycles. The first kappa shape index (κ1) is 17.5. The molecule has 2 rings (SSSR count). The summed E-state index contributed by atoms with van der Waals surface area (Å²) in [6.07, 6.45) is 0. The normalized spacial score (nSPS) is 10.8. The smallest absolute Gasteiger partial charge is 0.274 e. The van der Waals surface area contributed by atoms with Crippen LogP contribution < -0.4 is 15.4 Å². The molecule has 2 amide bonds. The molecule has 0 aliphatic carbocycles. The van der Waals surface area contributed by atoms with Crippen molar-refractivity contribution < 1.29 is 14.3 Å². The Morgan fingerprint density at radius 3 is 2.08 bits per heavy atom. The molecule has 6 heteroatoms. The van der Waals surface area contributed by atoms with Crippen molar-refractivity contribution in [1.29, 1.82) is 0 Å². The standard InChI is InChI=1S/C18H21N3O3/c1-18(2,3)21-17(23)15-7-5-6-14(20-15)16(22)19-12-8-10-13(24-4)11-9-12/h5-11H,1-4H3,(H,19,22)(H,21,23). The Bertz CT molecular complexity index is 734. The zero-order valence-corrected chi connectivity index (χ0v) is 14.2. The van der Waals surface area contributed by atoms with Gasteiger partial charge in [0.05, 0.1) is 7.11 Å². The van der Waals surface area contributed by atoms with Crippen LogP contribution in [0.15, 0.2) is 42.5 Å². The van der Waals surface area contributed by atoms with Gasteiger partial charge in [-0.15, -0.1) is 0 Å². The zero-order valence-electron chi connectivity index (χ0n) is 14.2. The van der Waals surface area contributed by atoms with Gasteiger partial charge in [0, 0.05) is 11.2 Å². The maximum absolute atomic E-state index is 12.3. The van der Waals surface area contributed by atoms with Gasteiger partial charge in [-0.2, -0.15) is 0 Å². The third kappa shape index (κ3) is 4.81. The molecular weight excluding hydrogens is 306 g/mol. The summed E-state index contributed by atoms with van der Waals surface area (Å²) in [5.41, 5.74) is 0.618. The molecule has 24 heavy (non-hydrogen) atoms. The number of carbonyl (C=O) groups excluding carboxylic acids is 2. The molecule has 0 spiro atoms. The highest BCUT2D eigenvalue weighted by atomic mass is 16.5. The number of pyridine rings is 1. The van der Waals surface area contributed by atoms with Crippen LogP contribution in [0.4, 0.5) is 5.69 Å². The fourth-order valence-electron chi connectivity index (χ4n) is 1.96. The van der Waals surface area contributed by atoms with E-state index in [1.165, 1.54) is 0 Å². The van der Waals surface area contributed by atoms with Crippen molar-refractivity contribution in [1.82, 2.24) is 10.3 Å². The summed E-state index contributed by atoms with van der Waals surface area (Å²) < 4.78 is 5.07. The lowest BCUT2D eigenvalue weighted by atomic mass is 10.1. The molecule has 0 aliphatic rings. The molecular formula is C18H21N3O3. The van der Waals surface area contributed by atoms with E-state index in [1.807, 2.05) is 20.8 Å². The van der Waals surface area contributed by atoms with Gasteiger partial charge in [0.1, 0.15) is 17.1 Å². The SMILES string of the molecule is COc1ccc(NC(=O)c2cccc(C(=O)NC(C)(C)C)n2)cc1. The minimum Gasteiger partial charge on any atom is -0.497 e. The Hall–Kier alpha value is -2.89. The third-order valence-corrected chi connectivity index (χ3v) is 3.05. The molecule has 2 N–H and O–H groups in total. The Kier molecular flexibility index (Phi) is 5.18. The summed E-state index contributed by atoms with van der Waals surface area (Å²) in [5.74, 6) is -0.000791. The summed E-state index contributed by atoms with van der Waals surface area (Å²) in [6.45, 7) is 5.64. The topological polar surface area (TPSA) is 80.3 Å². The van der Waals surface area contributed by atoms with Gasteiger partial charge in [0.15, 0.2) is 0 Å². The van der Waals surface area contributed by atoms with E-state index in [0.717, 1.165) is 0 Å². The average Bonchev–Trinajstić information content (AvgIpc) is 2.54. The maximum atomic E-state index is 12.3. The molecule has 0 radical (unpaired) electrons. The van der Waals surface area contributed by atoms with Crippen LogP contribution >= 0.6 is 0 Å². The van der Waals surface area contributed by atoms with E-state index < -0.39 is 0 Å². The second kappa shape index (κ2) is 7.12. The van der Waals surface area contributed by atoms with Crippen LogP contribution in [0.1, 0.15) is 41.7 Å². The number of hydrogen-bond donors (Lipinski definition) is 2. The van der Waals surface area contributed by atoms with Crippen molar-refractivity contribution in [2.75, 3.05) is 12.4 Å². The number of nitrogens with one attached hydrogen (secondary N) is 2. The summed E-state index contributed by atoms with van der Waals surface area (Å²) in [7, 11) is 1.58. The number of benzene rings is 1. The molecule has 1 aromatic carbocycles. The van der Waals surface area contributed by atoms with E-state index in [9.17, 15) is 9.59 Å². The predicted octanol–water partition coefficient (Wildman–Crippen LogP) is 2.87. The number of ether oxygens (including phenoxy) is 1. The zero-order chi connectivity index (χ0) is 17.7. The highest BCUT2D eigenvalue weighted by Crippen LogP contribution is 2.15. The van der Waals surface area contributed by atoms with E-state index in [2.05, 4.69) is 15.6 Å². The van der Waals surface area contributed by atoms with Gasteiger partial charge in [-0.25, -0.2) is 4.98 Å². The van der Waals surface area contributed by atoms with Crippen LogP contribution in [0.2, 0.25) is 0 Å². The summed E-state index contributed by atoms with van der Waals surface area (Å²) in [6, 6.07) is 11.7. The first-order chi connectivity index (χ1) is 11.3. The molecule has 0 bridgehead atoms. The first-order valence-corrected chi connectivity index (χ1v) is 7.53. The van der Waals surface area contributed by atoms with Crippen molar-refractivity contribution in [2.24, 2.45) is 0 Å². The van der Waals surface area contributed by atoms with Gasteiger partial charge in [0.2, 0.25) is 0 Å². The Balaban J connectivity index is 2.12. The van der Waals surface area contributed by atoms with Gasteiger partial charge in [-0.1, -0.05) is 6.07 Å². The molecule has 0 aliphatic heterocycles. The predicted molar refractivity (Wildman–Crippen MR) is 92.4 cm³/mol. The number of carbonyl (C=O) groups is 2. The van der Waals surface area contributed by atoms with Crippen LogP contribution in [0.5, 0.6) is 5.75 Å². The lowest BCUT2D eigenvalue weighted by Gasteiger charge is -2.20. The molecule has 1 heterocycles. The number of methoxy groups -OCH3 is 1. The lowest BCUT2D eigenvalue weighted by molar-refractivity contribution is 0.0914. The van der Waals surface area contributed by atoms with E-state index >= 15 is 0 Å². The van der Waals surface area contributed by atoms with Gasteiger partial charge in [-0.3, -0.25) is 9.59 Å². The Labute approximate surface area is 141 Å². The molecule has 6 nitrogen and oxygen atoms in total. The average molecular weight is 327 g/mol. The molecule has 126 valence electrons. The van der Waals surface area contributed by atoms with Crippen molar-refractivity contribution in [3.05, 3.63) is 53.9 Å². The van der Waals surface area contributed by atoms with Crippen LogP contribution in [0.3, 0.4) is 0 Å². The van der Waals surface area contributed by atoms with E-state index in [0.29, 0.717) is 11.4 Å². The molecule has 0 saturated heterocycles. The highest BCUT2D eigenvalue weighted by Gasteiger charge is 2.17. The lowest BCUT2D eigenvalue weighted by Crippen LogP contribution is -2.41. The second-order valence-corrected chi connectivity index (χ2v) is 6.29. The van der Waals surface area contributed by atoms with Gasteiger partial charge in [-0.05, 0) is 57.2 Å². The minimum absolute atomic E-state index is 0.173. The number of aromatic nitrogens is 1. The molecule has 1 aromatic heterocycles. The van der Waals surface area contributed by atoms with Crippen molar-refractivity contribution in [2.45, 2.75) is 26.3 Å². The van der Waals surface area contributed by atoms with Crippen molar-refractivity contribution in [3.63, 3.8) is 0 Å². The van der Waals surface area contributed by atoms with E-state index in [1.54, 1.807) is 49.6 Å². The number of amides is 2. The summed E-state index contributed by atoms with van der Waals surface area (Å²) in [4.78, 5) is 28.6. The molecule has 0 unspecified atom stereocenters. The first-order valence-electron chi connectivity index (χ1n) is 7.53. The number of rotatable bonds is 4. The number of nitrogens with zero attached hydrogens (tertiary/aromatic N) is 1. The third-order valence-electron chi connectivity index (χ3n) is 3.05. The minimum atomic E-state index is -0.384. The molecule has 2 aromatic rings. The second-order valence-electron chi connectivity index (χ2n) is 6.29. The highest BCUT2D eigenvalue weighted by molar-refractivity contribution is 6.03. The number of hydrogen-bond acceptors (Lipinski definition) is 4. The van der Waals surface area contributed by atoms with Gasteiger partial charge >= 0.3 is 0 Å². The Morgan fingerprint density at radius 1 is 0.958 bits per heavy atom. The van der Waals surface area contributed by atoms with Crippen molar-refractivity contribution in [3.8, 4) is 5.75 Å². The fraction of sp³-hybridized carbons (Fsp3) is 0.278. The van der Waals surface area contributed by atoms with Gasteiger partial charge in [0.25, 0.3) is 11.8 Å². The quantitative estimate of drug-likeness (QED) is 0.905. The molecule has 0 atom stereocenters. The summed E-state index contributed by atoms with van der Waals surface area (Å²) >= 11 is 0. The Morgan fingerprint density at radius 2 is 1.54 bits per heavy atom. The largest absolute Gasteiger partial charge is 0.497 e. The van der Waals surface area contributed by atoms with Crippen molar-refractivity contribution >= 4 is 17.5 Å². The monoisotopic (exact) mass is 327 g/mol. The van der Waals surface area contributed by atoms with Crippen LogP contribution in [0.25, 0.3) is 0 Å².